The summed E-state index contributed by atoms with van der Waals surface area (Å²) in [6, 6.07) is 4.70. The molecule has 0 radical (unpaired) electrons. The Morgan fingerprint density at radius 1 is 1.23 bits per heavy atom. The van der Waals surface area contributed by atoms with Crippen molar-refractivity contribution in [2.24, 2.45) is 7.05 Å². The third kappa shape index (κ3) is 2.93. The van der Waals surface area contributed by atoms with Gasteiger partial charge in [0.1, 0.15) is 5.69 Å². The van der Waals surface area contributed by atoms with Crippen LogP contribution in [0.5, 0.6) is 0 Å². The summed E-state index contributed by atoms with van der Waals surface area (Å²) in [6.07, 6.45) is 4.11. The summed E-state index contributed by atoms with van der Waals surface area (Å²) < 4.78 is 15.4. The van der Waals surface area contributed by atoms with Crippen LogP contribution in [0.1, 0.15) is 16.9 Å². The molecule has 6 nitrogen and oxygen atoms in total. The summed E-state index contributed by atoms with van der Waals surface area (Å²) in [6.45, 7) is 2.41. The highest BCUT2D eigenvalue weighted by atomic mass is 19.1. The molecule has 0 bridgehead atoms. The number of rotatable bonds is 2. The average Bonchev–Trinajstić information content (AvgIpc) is 2.81. The monoisotopic (exact) mass is 303 g/mol. The summed E-state index contributed by atoms with van der Waals surface area (Å²) in [5.41, 5.74) is 0.444. The summed E-state index contributed by atoms with van der Waals surface area (Å²) in [5.74, 6) is -0.0504. The Hall–Kier alpha value is -2.44. The molecular weight excluding hydrogens is 285 g/mol. The molecule has 0 spiro atoms. The molecular formula is C15H18FN5O. The van der Waals surface area contributed by atoms with E-state index >= 15 is 0 Å². The van der Waals surface area contributed by atoms with Crippen LogP contribution in [0.4, 0.5) is 10.2 Å². The number of amides is 1. The van der Waals surface area contributed by atoms with E-state index in [1.807, 2.05) is 4.90 Å². The van der Waals surface area contributed by atoms with E-state index in [2.05, 4.69) is 10.1 Å². The second kappa shape index (κ2) is 6.13. The van der Waals surface area contributed by atoms with Gasteiger partial charge in [-0.1, -0.05) is 0 Å². The molecule has 116 valence electrons. The molecule has 0 aliphatic carbocycles. The van der Waals surface area contributed by atoms with Crippen LogP contribution in [-0.4, -0.2) is 51.8 Å². The first-order valence-electron chi connectivity index (χ1n) is 7.29. The second-order valence-corrected chi connectivity index (χ2v) is 5.32. The predicted octanol–water partition coefficient (Wildman–Crippen LogP) is 1.31. The van der Waals surface area contributed by atoms with Crippen LogP contribution in [0.25, 0.3) is 0 Å². The van der Waals surface area contributed by atoms with Crippen LogP contribution in [0.2, 0.25) is 0 Å². The van der Waals surface area contributed by atoms with Crippen LogP contribution in [0.3, 0.4) is 0 Å². The number of hydrogen-bond donors (Lipinski definition) is 0. The summed E-state index contributed by atoms with van der Waals surface area (Å²) in [7, 11) is 1.78. The Morgan fingerprint density at radius 2 is 2.09 bits per heavy atom. The Balaban J connectivity index is 1.70. The maximum Gasteiger partial charge on any atom is 0.274 e. The van der Waals surface area contributed by atoms with Gasteiger partial charge in [-0.3, -0.25) is 9.48 Å². The quantitative estimate of drug-likeness (QED) is 0.839. The van der Waals surface area contributed by atoms with Crippen molar-refractivity contribution in [2.45, 2.75) is 6.42 Å². The Bertz CT molecular complexity index is 671. The van der Waals surface area contributed by atoms with Gasteiger partial charge in [0.15, 0.2) is 11.6 Å². The van der Waals surface area contributed by atoms with Crippen LogP contribution < -0.4 is 4.90 Å². The number of carbonyl (C=O) groups is 1. The van der Waals surface area contributed by atoms with Crippen molar-refractivity contribution in [3.63, 3.8) is 0 Å². The Morgan fingerprint density at radius 3 is 2.82 bits per heavy atom. The molecule has 3 rings (SSSR count). The van der Waals surface area contributed by atoms with Gasteiger partial charge in [-0.05, 0) is 24.6 Å². The minimum absolute atomic E-state index is 0.0797. The number of aryl methyl sites for hydroxylation is 1. The molecule has 1 fully saturated rings. The average molecular weight is 303 g/mol. The lowest BCUT2D eigenvalue weighted by Gasteiger charge is -2.22. The molecule has 3 heterocycles. The molecule has 2 aromatic rings. The number of halogens is 1. The number of aromatic nitrogens is 3. The van der Waals surface area contributed by atoms with E-state index in [0.29, 0.717) is 37.7 Å². The van der Waals surface area contributed by atoms with Gasteiger partial charge in [-0.25, -0.2) is 9.37 Å². The van der Waals surface area contributed by atoms with Crippen LogP contribution >= 0.6 is 0 Å². The number of carbonyl (C=O) groups excluding carboxylic acids is 1. The molecule has 0 saturated carbocycles. The van der Waals surface area contributed by atoms with E-state index in [0.717, 1.165) is 6.42 Å². The topological polar surface area (TPSA) is 54.3 Å². The van der Waals surface area contributed by atoms with Crippen molar-refractivity contribution < 1.29 is 9.18 Å². The fourth-order valence-corrected chi connectivity index (χ4v) is 2.63. The fraction of sp³-hybridized carbons (Fsp3) is 0.400. The summed E-state index contributed by atoms with van der Waals surface area (Å²) in [4.78, 5) is 20.2. The van der Waals surface area contributed by atoms with E-state index in [-0.39, 0.29) is 11.7 Å². The minimum atomic E-state index is -0.327. The molecule has 7 heteroatoms. The fourth-order valence-electron chi connectivity index (χ4n) is 2.63. The van der Waals surface area contributed by atoms with Crippen molar-refractivity contribution in [1.82, 2.24) is 19.7 Å². The third-order valence-electron chi connectivity index (χ3n) is 3.75. The molecule has 0 atom stereocenters. The first-order valence-corrected chi connectivity index (χ1v) is 7.29. The van der Waals surface area contributed by atoms with Crippen LogP contribution in [0.15, 0.2) is 30.6 Å². The number of hydrogen-bond acceptors (Lipinski definition) is 4. The molecule has 22 heavy (non-hydrogen) atoms. The standard InChI is InChI=1S/C15H18FN5O/c1-19-9-5-13(18-19)15(22)21-8-3-7-20(10-11-21)14-12(16)4-2-6-17-14/h2,4-6,9H,3,7-8,10-11H2,1H3. The molecule has 1 amide bonds. The Kier molecular flexibility index (Phi) is 4.04. The van der Waals surface area contributed by atoms with Gasteiger partial charge < -0.3 is 9.80 Å². The zero-order valence-electron chi connectivity index (χ0n) is 12.4. The van der Waals surface area contributed by atoms with Gasteiger partial charge in [0.25, 0.3) is 5.91 Å². The number of anilines is 1. The maximum atomic E-state index is 13.8. The largest absolute Gasteiger partial charge is 0.352 e. The van der Waals surface area contributed by atoms with Crippen LogP contribution in [-0.2, 0) is 7.05 Å². The van der Waals surface area contributed by atoms with E-state index in [1.165, 1.54) is 6.07 Å². The lowest BCUT2D eigenvalue weighted by molar-refractivity contribution is 0.0760. The minimum Gasteiger partial charge on any atom is -0.352 e. The molecule has 2 aromatic heterocycles. The highest BCUT2D eigenvalue weighted by molar-refractivity contribution is 5.92. The lowest BCUT2D eigenvalue weighted by atomic mass is 10.3. The van der Waals surface area contributed by atoms with Crippen molar-refractivity contribution >= 4 is 11.7 Å². The zero-order valence-corrected chi connectivity index (χ0v) is 12.4. The van der Waals surface area contributed by atoms with Gasteiger partial charge in [-0.15, -0.1) is 0 Å². The van der Waals surface area contributed by atoms with Gasteiger partial charge in [0.05, 0.1) is 0 Å². The molecule has 0 N–H and O–H groups in total. The van der Waals surface area contributed by atoms with Crippen molar-refractivity contribution in [3.05, 3.63) is 42.1 Å². The Labute approximate surface area is 128 Å². The number of nitrogens with zero attached hydrogens (tertiary/aromatic N) is 5. The lowest BCUT2D eigenvalue weighted by Crippen LogP contribution is -2.35. The number of pyridine rings is 1. The van der Waals surface area contributed by atoms with E-state index < -0.39 is 0 Å². The van der Waals surface area contributed by atoms with Gasteiger partial charge in [0, 0.05) is 45.6 Å². The second-order valence-electron chi connectivity index (χ2n) is 5.32. The SMILES string of the molecule is Cn1ccc(C(=O)N2CCCN(c3ncccc3F)CC2)n1. The van der Waals surface area contributed by atoms with Gasteiger partial charge >= 0.3 is 0 Å². The molecule has 1 aliphatic heterocycles. The molecule has 0 unspecified atom stereocenters. The first-order chi connectivity index (χ1) is 10.6. The third-order valence-corrected chi connectivity index (χ3v) is 3.75. The van der Waals surface area contributed by atoms with Crippen molar-refractivity contribution in [1.29, 1.82) is 0 Å². The highest BCUT2D eigenvalue weighted by Crippen LogP contribution is 2.17. The zero-order chi connectivity index (χ0) is 15.5. The molecule has 0 aromatic carbocycles. The van der Waals surface area contributed by atoms with E-state index in [9.17, 15) is 9.18 Å². The van der Waals surface area contributed by atoms with Crippen molar-refractivity contribution in [3.8, 4) is 0 Å². The smallest absolute Gasteiger partial charge is 0.274 e. The summed E-state index contributed by atoms with van der Waals surface area (Å²) >= 11 is 0. The summed E-state index contributed by atoms with van der Waals surface area (Å²) in [5, 5.41) is 4.15. The molecule has 1 saturated heterocycles. The predicted molar refractivity (Wildman–Crippen MR) is 80.1 cm³/mol. The van der Waals surface area contributed by atoms with Crippen molar-refractivity contribution in [2.75, 3.05) is 31.1 Å². The van der Waals surface area contributed by atoms with Crippen LogP contribution in [0, 0.1) is 5.82 Å². The van der Waals surface area contributed by atoms with Gasteiger partial charge in [0.2, 0.25) is 0 Å². The first kappa shape index (κ1) is 14.5. The van der Waals surface area contributed by atoms with E-state index in [1.54, 1.807) is 41.2 Å². The van der Waals surface area contributed by atoms with E-state index in [4.69, 9.17) is 0 Å². The molecule has 1 aliphatic rings. The highest BCUT2D eigenvalue weighted by Gasteiger charge is 2.23. The maximum absolute atomic E-state index is 13.8. The normalized spacial score (nSPS) is 15.7. The van der Waals surface area contributed by atoms with Gasteiger partial charge in [-0.2, -0.15) is 5.10 Å².